The molecule has 1 heterocycles. The van der Waals surface area contributed by atoms with Gasteiger partial charge in [0.1, 0.15) is 5.82 Å². The summed E-state index contributed by atoms with van der Waals surface area (Å²) in [5.74, 6) is -0.880. The number of pyridine rings is 1. The number of halogens is 1. The molecule has 0 spiro atoms. The molecule has 2 aromatic carbocycles. The second kappa shape index (κ2) is 11.5. The monoisotopic (exact) mass is 485 g/mol. The van der Waals surface area contributed by atoms with Crippen LogP contribution in [0.2, 0.25) is 0 Å². The van der Waals surface area contributed by atoms with E-state index in [0.29, 0.717) is 23.2 Å². The Morgan fingerprint density at radius 2 is 1.74 bits per heavy atom. The maximum atomic E-state index is 13.7. The van der Waals surface area contributed by atoms with E-state index in [1.54, 1.807) is 19.1 Å². The van der Waals surface area contributed by atoms with Gasteiger partial charge in [-0.2, -0.15) is 0 Å². The number of aliphatic hydroxyl groups excluding tert-OH is 1. The number of aryl methyl sites for hydroxylation is 1. The van der Waals surface area contributed by atoms with Crippen molar-refractivity contribution in [1.29, 1.82) is 0 Å². The van der Waals surface area contributed by atoms with Gasteiger partial charge in [-0.1, -0.05) is 56.3 Å². The number of ether oxygens (including phenoxy) is 1. The smallest absolute Gasteiger partial charge is 0.313 e. The van der Waals surface area contributed by atoms with Crippen LogP contribution in [0.15, 0.2) is 54.6 Å². The van der Waals surface area contributed by atoms with Gasteiger partial charge in [-0.15, -0.1) is 0 Å². The Kier molecular flexibility index (Phi) is 8.72. The molecule has 3 unspecified atom stereocenters. The molecule has 0 fully saturated rings. The van der Waals surface area contributed by atoms with Crippen molar-refractivity contribution in [2.75, 3.05) is 0 Å². The first-order chi connectivity index (χ1) is 16.3. The zero-order valence-electron chi connectivity index (χ0n) is 19.4. The first-order valence-electron chi connectivity index (χ1n) is 11.2. The van der Waals surface area contributed by atoms with Crippen molar-refractivity contribution >= 4 is 14.0 Å². The Balaban J connectivity index is 2.10. The van der Waals surface area contributed by atoms with Crippen molar-refractivity contribution in [3.8, 4) is 28.1 Å². The quantitative estimate of drug-likeness (QED) is 0.314. The highest BCUT2D eigenvalue weighted by molar-refractivity contribution is 7.39. The van der Waals surface area contributed by atoms with Crippen molar-refractivity contribution in [2.24, 2.45) is 0 Å². The number of aromatic nitrogens is 1. The number of aliphatic hydroxyl groups is 1. The molecule has 0 aliphatic heterocycles. The van der Waals surface area contributed by atoms with Gasteiger partial charge in [-0.3, -0.25) is 9.36 Å². The summed E-state index contributed by atoms with van der Waals surface area (Å²) in [5.41, 5.74) is 3.28. The second-order valence-electron chi connectivity index (χ2n) is 8.06. The summed E-state index contributed by atoms with van der Waals surface area (Å²) < 4.78 is 30.9. The lowest BCUT2D eigenvalue weighted by molar-refractivity contribution is -0.136. The van der Waals surface area contributed by atoms with Crippen LogP contribution in [0.3, 0.4) is 0 Å². The van der Waals surface area contributed by atoms with Crippen molar-refractivity contribution in [3.63, 3.8) is 0 Å². The van der Waals surface area contributed by atoms with Crippen LogP contribution < -0.4 is 4.74 Å². The molecule has 0 bridgehead atoms. The van der Waals surface area contributed by atoms with Gasteiger partial charge < -0.3 is 14.7 Å². The van der Waals surface area contributed by atoms with Crippen LogP contribution in [0.4, 0.5) is 4.39 Å². The van der Waals surface area contributed by atoms with Crippen LogP contribution in [0.1, 0.15) is 37.9 Å². The van der Waals surface area contributed by atoms with E-state index in [2.05, 4.69) is 0 Å². The lowest BCUT2D eigenvalue weighted by atomic mass is 9.94. The average molecular weight is 485 g/mol. The number of carbonyl (C=O) groups excluding carboxylic acids is 1. The van der Waals surface area contributed by atoms with Crippen LogP contribution in [0.5, 0.6) is 5.75 Å². The normalized spacial score (nSPS) is 13.8. The lowest BCUT2D eigenvalue weighted by Gasteiger charge is -2.21. The molecule has 8 heteroatoms. The summed E-state index contributed by atoms with van der Waals surface area (Å²) in [5, 5.41) is 10.3. The Bertz CT molecular complexity index is 1170. The van der Waals surface area contributed by atoms with E-state index in [9.17, 15) is 23.7 Å². The molecular weight excluding hydrogens is 456 g/mol. The number of hydrogen-bond donors (Lipinski definition) is 2. The fourth-order valence-electron chi connectivity index (χ4n) is 3.97. The second-order valence-corrected chi connectivity index (χ2v) is 9.48. The third-order valence-electron chi connectivity index (χ3n) is 5.79. The van der Waals surface area contributed by atoms with E-state index in [1.807, 2.05) is 44.2 Å². The van der Waals surface area contributed by atoms with Gasteiger partial charge in [0.25, 0.3) is 0 Å². The fraction of sp³-hybridized carbons (Fsp3) is 0.308. The number of nitrogens with zero attached hydrogens (tertiary/aromatic N) is 1. The summed E-state index contributed by atoms with van der Waals surface area (Å²) in [7, 11) is -3.01. The van der Waals surface area contributed by atoms with E-state index in [1.165, 1.54) is 12.1 Å². The summed E-state index contributed by atoms with van der Waals surface area (Å²) in [4.78, 5) is 27.0. The Labute approximate surface area is 199 Å². The van der Waals surface area contributed by atoms with E-state index in [-0.39, 0.29) is 18.0 Å². The molecule has 6 nitrogen and oxygen atoms in total. The van der Waals surface area contributed by atoms with Gasteiger partial charge in [0.05, 0.1) is 29.6 Å². The standard InChI is InChI=1S/C26H29FNO5P/c1-4-20-26(33-23(30)15-21(29)22(5-2)34(31)32)24(17-11-13-19(27)14-12-17)16(3)25(28-20)18-9-7-6-8-10-18/h6-14,21-22,29,34H,4-5,15H2,1-3H3,(H,31,32). The Morgan fingerprint density at radius 3 is 2.29 bits per heavy atom. The van der Waals surface area contributed by atoms with Crippen LogP contribution in [0.25, 0.3) is 22.4 Å². The van der Waals surface area contributed by atoms with Gasteiger partial charge in [-0.05, 0) is 43.0 Å². The number of carbonyl (C=O) groups is 1. The molecule has 3 rings (SSSR count). The summed E-state index contributed by atoms with van der Waals surface area (Å²) in [6.45, 7) is 5.43. The largest absolute Gasteiger partial charge is 0.424 e. The van der Waals surface area contributed by atoms with Crippen LogP contribution >= 0.6 is 8.03 Å². The van der Waals surface area contributed by atoms with Crippen LogP contribution in [-0.2, 0) is 15.8 Å². The average Bonchev–Trinajstić information content (AvgIpc) is 2.81. The maximum Gasteiger partial charge on any atom is 0.313 e. The Morgan fingerprint density at radius 1 is 1.09 bits per heavy atom. The molecular formula is C26H29FNO5P. The topological polar surface area (TPSA) is 96.7 Å². The molecule has 2 N–H and O–H groups in total. The molecule has 0 saturated heterocycles. The van der Waals surface area contributed by atoms with E-state index in [4.69, 9.17) is 9.72 Å². The minimum Gasteiger partial charge on any atom is -0.424 e. The SMILES string of the molecule is CCc1nc(-c2ccccc2)c(C)c(-c2ccc(F)cc2)c1OC(=O)CC(O)C(CC)[PH](=O)O. The van der Waals surface area contributed by atoms with Crippen LogP contribution in [0, 0.1) is 12.7 Å². The number of esters is 1. The highest BCUT2D eigenvalue weighted by Gasteiger charge is 2.27. The van der Waals surface area contributed by atoms with Gasteiger partial charge in [0.15, 0.2) is 13.8 Å². The van der Waals surface area contributed by atoms with E-state index >= 15 is 0 Å². The van der Waals surface area contributed by atoms with E-state index < -0.39 is 32.2 Å². The first-order valence-corrected chi connectivity index (χ1v) is 12.7. The van der Waals surface area contributed by atoms with Gasteiger partial charge in [0.2, 0.25) is 0 Å². The summed E-state index contributed by atoms with van der Waals surface area (Å²) in [6, 6.07) is 15.5. The Hall–Kier alpha value is -2.86. The van der Waals surface area contributed by atoms with Gasteiger partial charge >= 0.3 is 5.97 Å². The molecule has 3 atom stereocenters. The van der Waals surface area contributed by atoms with E-state index in [0.717, 1.165) is 16.8 Å². The molecule has 1 aromatic heterocycles. The first kappa shape index (κ1) is 25.8. The van der Waals surface area contributed by atoms with Crippen LogP contribution in [-0.4, -0.2) is 32.7 Å². The summed E-state index contributed by atoms with van der Waals surface area (Å²) >= 11 is 0. The molecule has 0 aliphatic carbocycles. The number of benzene rings is 2. The molecule has 180 valence electrons. The predicted molar refractivity (Wildman–Crippen MR) is 131 cm³/mol. The third kappa shape index (κ3) is 5.79. The summed E-state index contributed by atoms with van der Waals surface area (Å²) in [6.07, 6.45) is -1.01. The van der Waals surface area contributed by atoms with Crippen molar-refractivity contribution in [1.82, 2.24) is 4.98 Å². The molecule has 0 saturated carbocycles. The zero-order valence-corrected chi connectivity index (χ0v) is 20.4. The molecule has 3 aromatic rings. The highest BCUT2D eigenvalue weighted by atomic mass is 31.1. The number of rotatable bonds is 9. The van der Waals surface area contributed by atoms with Crippen molar-refractivity contribution in [3.05, 3.63) is 71.7 Å². The maximum absolute atomic E-state index is 13.7. The van der Waals surface area contributed by atoms with Gasteiger partial charge in [-0.25, -0.2) is 9.37 Å². The number of hydrogen-bond acceptors (Lipinski definition) is 5. The van der Waals surface area contributed by atoms with Crippen molar-refractivity contribution < 1.29 is 28.5 Å². The predicted octanol–water partition coefficient (Wildman–Crippen LogP) is 5.33. The molecule has 0 aliphatic rings. The minimum atomic E-state index is -3.01. The third-order valence-corrected chi connectivity index (χ3v) is 7.22. The van der Waals surface area contributed by atoms with Gasteiger partial charge in [0, 0.05) is 11.1 Å². The minimum absolute atomic E-state index is 0.244. The highest BCUT2D eigenvalue weighted by Crippen LogP contribution is 2.40. The zero-order chi connectivity index (χ0) is 24.8. The lowest BCUT2D eigenvalue weighted by Crippen LogP contribution is -2.27. The fourth-order valence-corrected chi connectivity index (χ4v) is 4.77. The van der Waals surface area contributed by atoms with Crippen molar-refractivity contribution in [2.45, 2.75) is 51.8 Å². The molecule has 0 radical (unpaired) electrons. The molecule has 34 heavy (non-hydrogen) atoms. The molecule has 0 amide bonds.